The van der Waals surface area contributed by atoms with Crippen LogP contribution in [0.1, 0.15) is 10.5 Å². The molecular weight excluding hydrogens is 314 g/mol. The van der Waals surface area contributed by atoms with E-state index in [1.165, 1.54) is 7.11 Å². The maximum absolute atomic E-state index is 12.6. The number of nitrogens with one attached hydrogen (secondary N) is 1. The maximum Gasteiger partial charge on any atom is 0.272 e. The fraction of sp³-hybridized carbons (Fsp3) is 0.0588. The number of benzene rings is 1. The van der Waals surface area contributed by atoms with E-state index in [0.29, 0.717) is 22.2 Å². The zero-order valence-electron chi connectivity index (χ0n) is 12.4. The van der Waals surface area contributed by atoms with Crippen molar-refractivity contribution >= 4 is 23.2 Å². The molecule has 3 aromatic rings. The van der Waals surface area contributed by atoms with Crippen LogP contribution in [0, 0.1) is 0 Å². The number of carbonyl (C=O) groups is 1. The van der Waals surface area contributed by atoms with Crippen LogP contribution in [0.5, 0.6) is 5.75 Å². The first-order chi connectivity index (χ1) is 11.2. The summed E-state index contributed by atoms with van der Waals surface area (Å²) in [5.74, 6) is 0.279. The smallest absolute Gasteiger partial charge is 0.272 e. The molecule has 6 heteroatoms. The normalized spacial score (nSPS) is 10.3. The summed E-state index contributed by atoms with van der Waals surface area (Å²) in [6.45, 7) is 0. The van der Waals surface area contributed by atoms with Crippen molar-refractivity contribution in [3.05, 3.63) is 71.8 Å². The number of pyridine rings is 1. The van der Waals surface area contributed by atoms with Gasteiger partial charge in [-0.3, -0.25) is 9.78 Å². The van der Waals surface area contributed by atoms with Crippen molar-refractivity contribution in [2.75, 3.05) is 12.4 Å². The molecule has 0 radical (unpaired) electrons. The van der Waals surface area contributed by atoms with Gasteiger partial charge in [0.15, 0.2) is 0 Å². The summed E-state index contributed by atoms with van der Waals surface area (Å²) >= 11 is 5.99. The van der Waals surface area contributed by atoms with Crippen LogP contribution in [-0.4, -0.2) is 22.6 Å². The molecule has 0 aliphatic rings. The predicted octanol–water partition coefficient (Wildman–Crippen LogP) is 3.79. The Bertz CT molecular complexity index is 831. The monoisotopic (exact) mass is 327 g/mol. The lowest BCUT2D eigenvalue weighted by molar-refractivity contribution is 0.102. The summed E-state index contributed by atoms with van der Waals surface area (Å²) in [4.78, 5) is 16.7. The fourth-order valence-corrected chi connectivity index (χ4v) is 2.42. The Labute approximate surface area is 138 Å². The second-order valence-corrected chi connectivity index (χ2v) is 5.21. The Morgan fingerprint density at radius 3 is 2.87 bits per heavy atom. The molecule has 5 nitrogen and oxygen atoms in total. The van der Waals surface area contributed by atoms with Crippen molar-refractivity contribution in [3.63, 3.8) is 0 Å². The molecule has 0 unspecified atom stereocenters. The standard InChI is InChI=1S/C17H14ClN3O2/c1-23-16-7-6-12(18)10-14(16)20-17(22)15-5-3-9-21(15)13-4-2-8-19-11-13/h2-11H,1H3,(H,20,22). The third-order valence-corrected chi connectivity index (χ3v) is 3.55. The third kappa shape index (κ3) is 3.19. The van der Waals surface area contributed by atoms with Gasteiger partial charge in [-0.2, -0.15) is 0 Å². The van der Waals surface area contributed by atoms with Crippen LogP contribution >= 0.6 is 11.6 Å². The van der Waals surface area contributed by atoms with Gasteiger partial charge in [-0.15, -0.1) is 0 Å². The average Bonchev–Trinajstić information content (AvgIpc) is 3.05. The number of hydrogen-bond donors (Lipinski definition) is 1. The highest BCUT2D eigenvalue weighted by atomic mass is 35.5. The molecule has 0 atom stereocenters. The van der Waals surface area contributed by atoms with Gasteiger partial charge in [0, 0.05) is 17.4 Å². The van der Waals surface area contributed by atoms with Gasteiger partial charge in [0.05, 0.1) is 24.7 Å². The van der Waals surface area contributed by atoms with Gasteiger partial charge >= 0.3 is 0 Å². The number of hydrogen-bond acceptors (Lipinski definition) is 3. The van der Waals surface area contributed by atoms with Gasteiger partial charge < -0.3 is 14.6 Å². The lowest BCUT2D eigenvalue weighted by Gasteiger charge is -2.12. The molecule has 23 heavy (non-hydrogen) atoms. The van der Waals surface area contributed by atoms with E-state index < -0.39 is 0 Å². The van der Waals surface area contributed by atoms with E-state index in [4.69, 9.17) is 16.3 Å². The van der Waals surface area contributed by atoms with E-state index in [-0.39, 0.29) is 5.91 Å². The molecule has 1 aromatic carbocycles. The predicted molar refractivity (Wildman–Crippen MR) is 89.5 cm³/mol. The van der Waals surface area contributed by atoms with E-state index in [1.54, 1.807) is 53.5 Å². The summed E-state index contributed by atoms with van der Waals surface area (Å²) in [6.07, 6.45) is 5.18. The number of nitrogens with zero attached hydrogens (tertiary/aromatic N) is 2. The molecule has 3 rings (SSSR count). The zero-order chi connectivity index (χ0) is 16.2. The molecule has 1 amide bonds. The minimum atomic E-state index is -0.264. The van der Waals surface area contributed by atoms with Crippen molar-refractivity contribution in [3.8, 4) is 11.4 Å². The van der Waals surface area contributed by atoms with Gasteiger partial charge in [-0.25, -0.2) is 0 Å². The summed E-state index contributed by atoms with van der Waals surface area (Å²) < 4.78 is 7.01. The van der Waals surface area contributed by atoms with Crippen molar-refractivity contribution in [2.45, 2.75) is 0 Å². The largest absolute Gasteiger partial charge is 0.495 e. The number of anilines is 1. The quantitative estimate of drug-likeness (QED) is 0.793. The van der Waals surface area contributed by atoms with E-state index in [2.05, 4.69) is 10.3 Å². The van der Waals surface area contributed by atoms with Gasteiger partial charge in [0.25, 0.3) is 5.91 Å². The molecule has 2 heterocycles. The average molecular weight is 328 g/mol. The number of ether oxygens (including phenoxy) is 1. The molecule has 0 aliphatic heterocycles. The van der Waals surface area contributed by atoms with Crippen LogP contribution in [0.2, 0.25) is 5.02 Å². The van der Waals surface area contributed by atoms with Crippen molar-refractivity contribution in [1.82, 2.24) is 9.55 Å². The lowest BCUT2D eigenvalue weighted by atomic mass is 10.2. The molecular formula is C17H14ClN3O2. The Morgan fingerprint density at radius 1 is 1.26 bits per heavy atom. The molecule has 2 aromatic heterocycles. The van der Waals surface area contributed by atoms with Crippen LogP contribution in [0.3, 0.4) is 0 Å². The molecule has 0 fully saturated rings. The molecule has 0 saturated heterocycles. The van der Waals surface area contributed by atoms with Crippen LogP contribution in [0.15, 0.2) is 61.1 Å². The van der Waals surface area contributed by atoms with E-state index in [1.807, 2.05) is 12.1 Å². The SMILES string of the molecule is COc1ccc(Cl)cc1NC(=O)c1cccn1-c1cccnc1. The topological polar surface area (TPSA) is 56.1 Å². The zero-order valence-corrected chi connectivity index (χ0v) is 13.1. The second-order valence-electron chi connectivity index (χ2n) is 4.77. The molecule has 0 aliphatic carbocycles. The first-order valence-corrected chi connectivity index (χ1v) is 7.29. The van der Waals surface area contributed by atoms with E-state index >= 15 is 0 Å². The molecule has 0 bridgehead atoms. The summed E-state index contributed by atoms with van der Waals surface area (Å²) in [6, 6.07) is 12.3. The van der Waals surface area contributed by atoms with Crippen LogP contribution in [0.4, 0.5) is 5.69 Å². The highest BCUT2D eigenvalue weighted by molar-refractivity contribution is 6.31. The minimum Gasteiger partial charge on any atom is -0.495 e. The Morgan fingerprint density at radius 2 is 2.13 bits per heavy atom. The number of aromatic nitrogens is 2. The van der Waals surface area contributed by atoms with Crippen molar-refractivity contribution < 1.29 is 9.53 Å². The first-order valence-electron chi connectivity index (χ1n) is 6.91. The molecule has 0 saturated carbocycles. The number of rotatable bonds is 4. The molecule has 116 valence electrons. The van der Waals surface area contributed by atoms with Crippen molar-refractivity contribution in [1.29, 1.82) is 0 Å². The highest BCUT2D eigenvalue weighted by Gasteiger charge is 2.14. The maximum atomic E-state index is 12.6. The summed E-state index contributed by atoms with van der Waals surface area (Å²) in [5.41, 5.74) is 1.81. The summed E-state index contributed by atoms with van der Waals surface area (Å²) in [5, 5.41) is 3.34. The van der Waals surface area contributed by atoms with Gasteiger partial charge in [0.2, 0.25) is 0 Å². The first kappa shape index (κ1) is 15.1. The minimum absolute atomic E-state index is 0.264. The van der Waals surface area contributed by atoms with Gasteiger partial charge in [-0.1, -0.05) is 11.6 Å². The molecule has 0 spiro atoms. The number of carbonyl (C=O) groups excluding carboxylic acids is 1. The third-order valence-electron chi connectivity index (χ3n) is 3.32. The summed E-state index contributed by atoms with van der Waals surface area (Å²) in [7, 11) is 1.54. The van der Waals surface area contributed by atoms with E-state index in [0.717, 1.165) is 5.69 Å². The Kier molecular flexibility index (Phi) is 4.30. The number of halogens is 1. The number of methoxy groups -OCH3 is 1. The highest BCUT2D eigenvalue weighted by Crippen LogP contribution is 2.28. The van der Waals surface area contributed by atoms with Gasteiger partial charge in [0.1, 0.15) is 11.4 Å². The van der Waals surface area contributed by atoms with Crippen LogP contribution in [-0.2, 0) is 0 Å². The Hall–Kier alpha value is -2.79. The lowest BCUT2D eigenvalue weighted by Crippen LogP contribution is -2.16. The number of amides is 1. The Balaban J connectivity index is 1.91. The van der Waals surface area contributed by atoms with Crippen LogP contribution in [0.25, 0.3) is 5.69 Å². The van der Waals surface area contributed by atoms with Crippen molar-refractivity contribution in [2.24, 2.45) is 0 Å². The van der Waals surface area contributed by atoms with E-state index in [9.17, 15) is 4.79 Å². The molecule has 1 N–H and O–H groups in total. The second kappa shape index (κ2) is 6.54. The van der Waals surface area contributed by atoms with Gasteiger partial charge in [-0.05, 0) is 42.5 Å². The fourth-order valence-electron chi connectivity index (χ4n) is 2.25. The van der Waals surface area contributed by atoms with Crippen LogP contribution < -0.4 is 10.1 Å².